The monoisotopic (exact) mass is 643 g/mol. The minimum absolute atomic E-state index is 0.139. The predicted molar refractivity (Wildman–Crippen MR) is 162 cm³/mol. The van der Waals surface area contributed by atoms with Crippen LogP contribution in [-0.4, -0.2) is 58.4 Å². The molecule has 0 aliphatic rings. The highest BCUT2D eigenvalue weighted by molar-refractivity contribution is 5.91. The number of halogens is 3. The van der Waals surface area contributed by atoms with Crippen LogP contribution in [0.25, 0.3) is 0 Å². The number of hydrogen-bond acceptors (Lipinski definition) is 6. The number of unbranched alkanes of at least 4 members (excludes halogenated alkanes) is 11. The second-order valence-corrected chi connectivity index (χ2v) is 10.6. The molecule has 2 atom stereocenters. The van der Waals surface area contributed by atoms with Crippen molar-refractivity contribution in [2.24, 2.45) is 23.1 Å². The van der Waals surface area contributed by atoms with E-state index in [2.05, 4.69) is 29.0 Å². The molecule has 0 aliphatic heterocycles. The Morgan fingerprint density at radius 2 is 1.02 bits per heavy atom. The summed E-state index contributed by atoms with van der Waals surface area (Å²) in [4.78, 5) is 54.8. The van der Waals surface area contributed by atoms with E-state index in [1.165, 1.54) is 57.8 Å². The van der Waals surface area contributed by atoms with Gasteiger partial charge >= 0.3 is 24.1 Å². The van der Waals surface area contributed by atoms with Gasteiger partial charge in [0.25, 0.3) is 0 Å². The third-order valence-corrected chi connectivity index (χ3v) is 6.57. The molecule has 0 saturated carbocycles. The Balaban J connectivity index is -0.00000129. The third-order valence-electron chi connectivity index (χ3n) is 6.57. The standard InChI is InChI=1S/C26H51N3O4.C2HF3O2.CH4N2O/c1-4-6-7-8-9-10-11-12-13-14-15-16-19-22(3)26(25(32)33,28-23(30)18-5-2)29-24(31)20-17-21-27;3-2(4,5)1(6)7;2-1(3)4/h22H,4-21,27H2,1-3H3,(H,28,30)(H,29,31)(H,32,33);(H,6,7);(H4,2,3,4). The van der Waals surface area contributed by atoms with Crippen molar-refractivity contribution < 1.29 is 47.4 Å². The van der Waals surface area contributed by atoms with Crippen LogP contribution >= 0.6 is 0 Å². The lowest BCUT2D eigenvalue weighted by Gasteiger charge is -2.37. The summed E-state index contributed by atoms with van der Waals surface area (Å²) in [6.45, 7) is 6.24. The van der Waals surface area contributed by atoms with Crippen molar-refractivity contribution in [1.29, 1.82) is 0 Å². The highest BCUT2D eigenvalue weighted by atomic mass is 19.4. The van der Waals surface area contributed by atoms with Crippen LogP contribution in [0.3, 0.4) is 0 Å². The minimum Gasteiger partial charge on any atom is -0.478 e. The summed E-state index contributed by atoms with van der Waals surface area (Å²) in [5.74, 6) is -5.17. The van der Waals surface area contributed by atoms with Crippen LogP contribution in [0.1, 0.15) is 130 Å². The molecule has 260 valence electrons. The first-order valence-corrected chi connectivity index (χ1v) is 15.4. The summed E-state index contributed by atoms with van der Waals surface area (Å²) in [6, 6.07) is -0.833. The zero-order valence-electron chi connectivity index (χ0n) is 26.6. The molecule has 0 fully saturated rings. The van der Waals surface area contributed by atoms with Crippen LogP contribution in [0.15, 0.2) is 0 Å². The molecular weight excluding hydrogens is 587 g/mol. The van der Waals surface area contributed by atoms with Gasteiger partial charge in [0.15, 0.2) is 0 Å². The molecule has 0 heterocycles. The molecular formula is C29H56F3N5O7. The first-order valence-electron chi connectivity index (χ1n) is 15.4. The molecule has 4 amide bonds. The summed E-state index contributed by atoms with van der Waals surface area (Å²) >= 11 is 0. The van der Waals surface area contributed by atoms with Crippen LogP contribution in [0, 0.1) is 5.92 Å². The maximum atomic E-state index is 12.4. The normalized spacial score (nSPS) is 12.7. The molecule has 10 N–H and O–H groups in total. The zero-order valence-corrected chi connectivity index (χ0v) is 26.6. The molecule has 0 aromatic rings. The number of carbonyl (C=O) groups is 5. The van der Waals surface area contributed by atoms with Gasteiger partial charge in [-0.25, -0.2) is 14.4 Å². The number of carboxylic acid groups (broad SMARTS) is 2. The summed E-state index contributed by atoms with van der Waals surface area (Å²) in [7, 11) is 0. The van der Waals surface area contributed by atoms with Gasteiger partial charge in [-0.15, -0.1) is 0 Å². The fourth-order valence-electron chi connectivity index (χ4n) is 4.16. The number of aliphatic carboxylic acids is 2. The Morgan fingerprint density at radius 1 is 0.659 bits per heavy atom. The largest absolute Gasteiger partial charge is 0.490 e. The molecule has 15 heteroatoms. The molecule has 0 aromatic carbocycles. The van der Waals surface area contributed by atoms with Crippen LogP contribution in [0.2, 0.25) is 0 Å². The minimum atomic E-state index is -5.08. The molecule has 0 aliphatic carbocycles. The van der Waals surface area contributed by atoms with Crippen LogP contribution in [0.4, 0.5) is 18.0 Å². The molecule has 0 spiro atoms. The van der Waals surface area contributed by atoms with Crippen LogP contribution < -0.4 is 27.8 Å². The number of nitrogens with two attached hydrogens (primary N) is 3. The summed E-state index contributed by atoms with van der Waals surface area (Å²) in [5.41, 5.74) is 12.2. The summed E-state index contributed by atoms with van der Waals surface area (Å²) < 4.78 is 31.7. The van der Waals surface area contributed by atoms with Crippen LogP contribution in [0.5, 0.6) is 0 Å². The van der Waals surface area contributed by atoms with Crippen molar-refractivity contribution in [2.75, 3.05) is 6.54 Å². The smallest absolute Gasteiger partial charge is 0.478 e. The predicted octanol–water partition coefficient (Wildman–Crippen LogP) is 4.92. The van der Waals surface area contributed by atoms with Gasteiger partial charge in [0.1, 0.15) is 0 Å². The number of carboxylic acids is 2. The molecule has 0 aromatic heterocycles. The van der Waals surface area contributed by atoms with Crippen molar-refractivity contribution in [3.8, 4) is 0 Å². The lowest BCUT2D eigenvalue weighted by Crippen LogP contribution is -2.69. The van der Waals surface area contributed by atoms with Crippen molar-refractivity contribution in [3.05, 3.63) is 0 Å². The Bertz CT molecular complexity index is 813. The van der Waals surface area contributed by atoms with Crippen molar-refractivity contribution in [2.45, 2.75) is 142 Å². The number of hydrogen-bond donors (Lipinski definition) is 7. The lowest BCUT2D eigenvalue weighted by atomic mass is 9.88. The number of rotatable bonds is 22. The molecule has 12 nitrogen and oxygen atoms in total. The lowest BCUT2D eigenvalue weighted by molar-refractivity contribution is -0.192. The average Bonchev–Trinajstić information content (AvgIpc) is 2.91. The SMILES string of the molecule is CCCCCCCCCCCCCCC(C)C(NC(=O)CCC)(NC(=O)CCCN)C(=O)O.NC(N)=O.O=C(O)C(F)(F)F. The number of amides is 4. The van der Waals surface area contributed by atoms with Gasteiger partial charge in [0.2, 0.25) is 17.5 Å². The molecule has 0 saturated heterocycles. The van der Waals surface area contributed by atoms with E-state index in [-0.39, 0.29) is 18.7 Å². The van der Waals surface area contributed by atoms with E-state index in [1.807, 2.05) is 6.92 Å². The topological polar surface area (TPSA) is 228 Å². The quantitative estimate of drug-likeness (QED) is 0.0631. The maximum absolute atomic E-state index is 12.4. The van der Waals surface area contributed by atoms with Crippen molar-refractivity contribution >= 4 is 29.8 Å². The molecule has 0 rings (SSSR count). The highest BCUT2D eigenvalue weighted by Crippen LogP contribution is 2.23. The number of alkyl halides is 3. The number of primary amides is 2. The Labute approximate surface area is 259 Å². The number of urea groups is 1. The third kappa shape index (κ3) is 26.5. The van der Waals surface area contributed by atoms with Gasteiger partial charge in [0.05, 0.1) is 0 Å². The van der Waals surface area contributed by atoms with E-state index in [9.17, 15) is 32.7 Å². The zero-order chi connectivity index (χ0) is 34.6. The molecule has 0 radical (unpaired) electrons. The van der Waals surface area contributed by atoms with Crippen molar-refractivity contribution in [3.63, 3.8) is 0 Å². The maximum Gasteiger partial charge on any atom is 0.490 e. The second-order valence-electron chi connectivity index (χ2n) is 10.6. The van der Waals surface area contributed by atoms with Gasteiger partial charge in [-0.3, -0.25) is 9.59 Å². The van der Waals surface area contributed by atoms with E-state index < -0.39 is 41.6 Å². The fraction of sp³-hybridized carbons (Fsp3) is 0.828. The second kappa shape index (κ2) is 27.4. The van der Waals surface area contributed by atoms with Gasteiger partial charge in [-0.1, -0.05) is 97.8 Å². The summed E-state index contributed by atoms with van der Waals surface area (Å²) in [5, 5.41) is 22.4. The Hall–Kier alpha value is -3.10. The van der Waals surface area contributed by atoms with Gasteiger partial charge < -0.3 is 38.0 Å². The highest BCUT2D eigenvalue weighted by Gasteiger charge is 2.46. The molecule has 2 unspecified atom stereocenters. The van der Waals surface area contributed by atoms with Gasteiger partial charge in [-0.2, -0.15) is 13.2 Å². The van der Waals surface area contributed by atoms with E-state index in [1.54, 1.807) is 6.92 Å². The van der Waals surface area contributed by atoms with Crippen LogP contribution in [-0.2, 0) is 19.2 Å². The average molecular weight is 644 g/mol. The molecule has 0 bridgehead atoms. The van der Waals surface area contributed by atoms with E-state index >= 15 is 0 Å². The fourth-order valence-corrected chi connectivity index (χ4v) is 4.16. The van der Waals surface area contributed by atoms with Gasteiger partial charge in [0, 0.05) is 18.8 Å². The van der Waals surface area contributed by atoms with E-state index in [4.69, 9.17) is 20.4 Å². The van der Waals surface area contributed by atoms with E-state index in [0.717, 1.165) is 19.3 Å². The first kappa shape index (κ1) is 45.3. The summed E-state index contributed by atoms with van der Waals surface area (Å²) in [6.07, 6.45) is 11.8. The first-order chi connectivity index (χ1) is 20.5. The van der Waals surface area contributed by atoms with Gasteiger partial charge in [-0.05, 0) is 25.8 Å². The number of nitrogens with one attached hydrogen (secondary N) is 2. The Morgan fingerprint density at radius 3 is 1.34 bits per heavy atom. The number of carbonyl (C=O) groups excluding carboxylic acids is 3. The Kier molecular flexibility index (Phi) is 28.3. The van der Waals surface area contributed by atoms with Crippen molar-refractivity contribution in [1.82, 2.24) is 10.6 Å². The van der Waals surface area contributed by atoms with E-state index in [0.29, 0.717) is 25.8 Å². The molecule has 44 heavy (non-hydrogen) atoms.